The quantitative estimate of drug-likeness (QED) is 0.683. The van der Waals surface area contributed by atoms with Crippen LogP contribution in [-0.4, -0.2) is 36.5 Å². The largest absolute Gasteiger partial charge is 0.337 e. The molecule has 0 spiro atoms. The Morgan fingerprint density at radius 3 is 3.00 bits per heavy atom. The van der Waals surface area contributed by atoms with E-state index in [2.05, 4.69) is 25.2 Å². The summed E-state index contributed by atoms with van der Waals surface area (Å²) in [7, 11) is 0. The van der Waals surface area contributed by atoms with Crippen LogP contribution in [0.25, 0.3) is 0 Å². The van der Waals surface area contributed by atoms with E-state index in [1.807, 2.05) is 4.90 Å². The van der Waals surface area contributed by atoms with Gasteiger partial charge in [-0.3, -0.25) is 4.79 Å². The van der Waals surface area contributed by atoms with Gasteiger partial charge < -0.3 is 10.2 Å². The van der Waals surface area contributed by atoms with Crippen molar-refractivity contribution in [1.29, 1.82) is 0 Å². The summed E-state index contributed by atoms with van der Waals surface area (Å²) in [6.45, 7) is 7.01. The van der Waals surface area contributed by atoms with Crippen LogP contribution >= 0.6 is 0 Å². The number of amides is 1. The summed E-state index contributed by atoms with van der Waals surface area (Å²) >= 11 is 0. The Kier molecular flexibility index (Phi) is 3.64. The molecule has 0 aliphatic carbocycles. The van der Waals surface area contributed by atoms with Gasteiger partial charge in [0.05, 0.1) is 6.04 Å². The lowest BCUT2D eigenvalue weighted by Gasteiger charge is -2.34. The first kappa shape index (κ1) is 11.6. The van der Waals surface area contributed by atoms with Gasteiger partial charge in [-0.25, -0.2) is 0 Å². The van der Waals surface area contributed by atoms with Gasteiger partial charge in [-0.2, -0.15) is 0 Å². The molecule has 1 saturated heterocycles. The number of nitrogens with one attached hydrogen (secondary N) is 1. The van der Waals surface area contributed by atoms with Crippen molar-refractivity contribution in [1.82, 2.24) is 10.2 Å². The van der Waals surface area contributed by atoms with Gasteiger partial charge in [-0.15, -0.1) is 0 Å². The first-order valence-corrected chi connectivity index (χ1v) is 6.36. The molecule has 16 heavy (non-hydrogen) atoms. The summed E-state index contributed by atoms with van der Waals surface area (Å²) < 4.78 is 0. The highest BCUT2D eigenvalue weighted by Crippen LogP contribution is 2.19. The van der Waals surface area contributed by atoms with Crippen molar-refractivity contribution in [3.8, 4) is 0 Å². The third-order valence-electron chi connectivity index (χ3n) is 3.78. The minimum atomic E-state index is 0.0561. The van der Waals surface area contributed by atoms with E-state index >= 15 is 0 Å². The van der Waals surface area contributed by atoms with Gasteiger partial charge in [-0.05, 0) is 38.6 Å². The number of nitrogens with zero attached hydrogens (tertiary/aromatic N) is 1. The second-order valence-corrected chi connectivity index (χ2v) is 5.14. The van der Waals surface area contributed by atoms with Crippen LogP contribution in [0.5, 0.6) is 0 Å². The summed E-state index contributed by atoms with van der Waals surface area (Å²) in [6, 6.07) is 0.0561. The zero-order chi connectivity index (χ0) is 11.5. The van der Waals surface area contributed by atoms with Crippen LogP contribution in [0.2, 0.25) is 0 Å². The molecule has 2 rings (SSSR count). The Hall–Kier alpha value is -0.830. The molecule has 0 radical (unpaired) electrons. The van der Waals surface area contributed by atoms with E-state index in [1.165, 1.54) is 18.4 Å². The molecule has 1 amide bonds. The predicted octanol–water partition coefficient (Wildman–Crippen LogP) is 1.55. The molecule has 0 aromatic heterocycles. The van der Waals surface area contributed by atoms with Crippen molar-refractivity contribution in [2.24, 2.45) is 5.92 Å². The summed E-state index contributed by atoms with van der Waals surface area (Å²) in [5, 5.41) is 3.37. The molecule has 90 valence electrons. The maximum Gasteiger partial charge on any atom is 0.240 e. The molecule has 2 unspecified atom stereocenters. The molecule has 2 heterocycles. The van der Waals surface area contributed by atoms with Gasteiger partial charge in [-0.1, -0.05) is 18.6 Å². The predicted molar refractivity (Wildman–Crippen MR) is 65.1 cm³/mol. The van der Waals surface area contributed by atoms with Crippen molar-refractivity contribution in [3.63, 3.8) is 0 Å². The van der Waals surface area contributed by atoms with Gasteiger partial charge in [0, 0.05) is 13.1 Å². The van der Waals surface area contributed by atoms with E-state index in [0.29, 0.717) is 11.8 Å². The highest BCUT2D eigenvalue weighted by molar-refractivity contribution is 5.82. The number of hydrogen-bond donors (Lipinski definition) is 1. The molecule has 0 bridgehead atoms. The van der Waals surface area contributed by atoms with Gasteiger partial charge in [0.2, 0.25) is 5.91 Å². The number of carbonyl (C=O) groups is 1. The standard InChI is InChI=1S/C13H22N2O/c1-10-5-8-15(9-6-10)13(16)12-11(2)4-3-7-14-12/h5,11-12,14H,3-4,6-9H2,1-2H3. The fourth-order valence-corrected chi connectivity index (χ4v) is 2.55. The number of piperidine rings is 1. The van der Waals surface area contributed by atoms with Crippen LogP contribution in [0, 0.1) is 5.92 Å². The maximum absolute atomic E-state index is 12.3. The van der Waals surface area contributed by atoms with Gasteiger partial charge >= 0.3 is 0 Å². The Balaban J connectivity index is 1.96. The van der Waals surface area contributed by atoms with E-state index in [-0.39, 0.29) is 6.04 Å². The molecule has 0 saturated carbocycles. The lowest BCUT2D eigenvalue weighted by molar-refractivity contribution is -0.135. The summed E-state index contributed by atoms with van der Waals surface area (Å²) in [6.07, 6.45) is 5.58. The van der Waals surface area contributed by atoms with Gasteiger partial charge in [0.1, 0.15) is 0 Å². The maximum atomic E-state index is 12.3. The highest BCUT2D eigenvalue weighted by Gasteiger charge is 2.30. The van der Waals surface area contributed by atoms with Crippen LogP contribution in [0.1, 0.15) is 33.1 Å². The van der Waals surface area contributed by atoms with Crippen LogP contribution in [-0.2, 0) is 4.79 Å². The Labute approximate surface area is 97.9 Å². The molecule has 0 aromatic carbocycles. The third kappa shape index (κ3) is 2.46. The number of carbonyl (C=O) groups excluding carboxylic acids is 1. The molecule has 2 aliphatic rings. The second-order valence-electron chi connectivity index (χ2n) is 5.14. The Morgan fingerprint density at radius 2 is 2.38 bits per heavy atom. The average molecular weight is 222 g/mol. The number of hydrogen-bond acceptors (Lipinski definition) is 2. The van der Waals surface area contributed by atoms with Gasteiger partial charge in [0.25, 0.3) is 0 Å². The average Bonchev–Trinajstić information content (AvgIpc) is 2.30. The Bertz CT molecular complexity index is 298. The molecule has 1 fully saturated rings. The fourth-order valence-electron chi connectivity index (χ4n) is 2.55. The van der Waals surface area contributed by atoms with Crippen molar-refractivity contribution >= 4 is 5.91 Å². The Morgan fingerprint density at radius 1 is 1.56 bits per heavy atom. The molecule has 2 aliphatic heterocycles. The molecule has 0 aromatic rings. The van der Waals surface area contributed by atoms with Crippen LogP contribution < -0.4 is 5.32 Å². The smallest absolute Gasteiger partial charge is 0.240 e. The lowest BCUT2D eigenvalue weighted by Crippen LogP contribution is -2.53. The molecular weight excluding hydrogens is 200 g/mol. The molecular formula is C13H22N2O. The fraction of sp³-hybridized carbons (Fsp3) is 0.769. The molecule has 3 nitrogen and oxygen atoms in total. The first-order valence-electron chi connectivity index (χ1n) is 6.36. The van der Waals surface area contributed by atoms with Gasteiger partial charge in [0.15, 0.2) is 0 Å². The normalized spacial score (nSPS) is 31.1. The first-order chi connectivity index (χ1) is 7.68. The van der Waals surface area contributed by atoms with Crippen LogP contribution in [0.15, 0.2) is 11.6 Å². The zero-order valence-corrected chi connectivity index (χ0v) is 10.3. The van der Waals surface area contributed by atoms with Crippen molar-refractivity contribution in [2.75, 3.05) is 19.6 Å². The summed E-state index contributed by atoms with van der Waals surface area (Å²) in [5.74, 6) is 0.782. The van der Waals surface area contributed by atoms with E-state index in [1.54, 1.807) is 0 Å². The van der Waals surface area contributed by atoms with E-state index in [0.717, 1.165) is 26.1 Å². The number of rotatable bonds is 1. The SMILES string of the molecule is CC1=CCN(C(=O)C2NCCCC2C)CC1. The summed E-state index contributed by atoms with van der Waals surface area (Å²) in [4.78, 5) is 14.3. The molecule has 2 atom stereocenters. The molecule has 3 heteroatoms. The lowest BCUT2D eigenvalue weighted by atomic mass is 9.91. The van der Waals surface area contributed by atoms with Crippen molar-refractivity contribution in [2.45, 2.75) is 39.2 Å². The zero-order valence-electron chi connectivity index (χ0n) is 10.3. The second kappa shape index (κ2) is 5.00. The molecule has 1 N–H and O–H groups in total. The minimum absolute atomic E-state index is 0.0561. The minimum Gasteiger partial charge on any atom is -0.337 e. The highest BCUT2D eigenvalue weighted by atomic mass is 16.2. The topological polar surface area (TPSA) is 32.3 Å². The van der Waals surface area contributed by atoms with Crippen LogP contribution in [0.4, 0.5) is 0 Å². The van der Waals surface area contributed by atoms with Crippen molar-refractivity contribution < 1.29 is 4.79 Å². The monoisotopic (exact) mass is 222 g/mol. The van der Waals surface area contributed by atoms with E-state index < -0.39 is 0 Å². The van der Waals surface area contributed by atoms with Crippen molar-refractivity contribution in [3.05, 3.63) is 11.6 Å². The summed E-state index contributed by atoms with van der Waals surface area (Å²) in [5.41, 5.74) is 1.41. The van der Waals surface area contributed by atoms with Crippen LogP contribution in [0.3, 0.4) is 0 Å². The van der Waals surface area contributed by atoms with E-state index in [9.17, 15) is 4.79 Å². The third-order valence-corrected chi connectivity index (χ3v) is 3.78. The van der Waals surface area contributed by atoms with E-state index in [4.69, 9.17) is 0 Å².